The number of H-pyrrole nitrogens is 2. The van der Waals surface area contributed by atoms with Crippen LogP contribution in [0.4, 0.5) is 22.0 Å². The fraction of sp³-hybridized carbons (Fsp3) is 0.364. The van der Waals surface area contributed by atoms with Crippen LogP contribution in [-0.4, -0.2) is 36.9 Å². The number of fused-ring (bicyclic) bond motifs is 1. The maximum atomic E-state index is 14.0. The van der Waals surface area contributed by atoms with E-state index in [-0.39, 0.29) is 5.82 Å². The van der Waals surface area contributed by atoms with Gasteiger partial charge in [-0.3, -0.25) is 10.2 Å². The Morgan fingerprint density at radius 2 is 2.10 bits per heavy atom. The van der Waals surface area contributed by atoms with E-state index in [1.807, 2.05) is 24.0 Å². The van der Waals surface area contributed by atoms with Gasteiger partial charge in [-0.05, 0) is 49.4 Å². The van der Waals surface area contributed by atoms with Gasteiger partial charge in [-0.1, -0.05) is 6.92 Å². The predicted molar refractivity (Wildman–Crippen MR) is 118 cm³/mol. The molecule has 1 fully saturated rings. The largest absolute Gasteiger partial charge is 0.337 e. The van der Waals surface area contributed by atoms with Crippen molar-refractivity contribution >= 4 is 28.5 Å². The van der Waals surface area contributed by atoms with Crippen molar-refractivity contribution in [1.29, 1.82) is 0 Å². The monoisotopic (exact) mass is 420 g/mol. The highest BCUT2D eigenvalue weighted by Gasteiger charge is 2.30. The van der Waals surface area contributed by atoms with E-state index in [0.29, 0.717) is 36.3 Å². The topological polar surface area (TPSA) is 98.4 Å². The molecule has 1 atom stereocenters. The van der Waals surface area contributed by atoms with Crippen molar-refractivity contribution in [3.05, 3.63) is 53.7 Å². The summed E-state index contributed by atoms with van der Waals surface area (Å²) in [6.45, 7) is 5.40. The SMILES string of the molecule is CCN(Cc1cc(F)cc2[nH]ncc12)c1nccc(Nc2cc(C(C)C3CC3)[nH]n2)n1. The zero-order chi connectivity index (χ0) is 21.4. The van der Waals surface area contributed by atoms with Crippen molar-refractivity contribution < 1.29 is 4.39 Å². The Labute approximate surface area is 179 Å². The Bertz CT molecular complexity index is 1200. The third-order valence-corrected chi connectivity index (χ3v) is 5.95. The van der Waals surface area contributed by atoms with Crippen molar-refractivity contribution in [2.24, 2.45) is 5.92 Å². The van der Waals surface area contributed by atoms with Crippen molar-refractivity contribution in [3.63, 3.8) is 0 Å². The Hall–Kier alpha value is -3.49. The number of halogens is 1. The van der Waals surface area contributed by atoms with Crippen LogP contribution in [0.5, 0.6) is 0 Å². The van der Waals surface area contributed by atoms with Gasteiger partial charge in [0.15, 0.2) is 5.82 Å². The van der Waals surface area contributed by atoms with Gasteiger partial charge in [-0.15, -0.1) is 0 Å². The lowest BCUT2D eigenvalue weighted by Crippen LogP contribution is -2.24. The number of hydrogen-bond acceptors (Lipinski definition) is 6. The van der Waals surface area contributed by atoms with Crippen LogP contribution in [0.2, 0.25) is 0 Å². The molecular weight excluding hydrogens is 395 g/mol. The van der Waals surface area contributed by atoms with E-state index in [0.717, 1.165) is 28.4 Å². The molecule has 0 bridgehead atoms. The molecule has 160 valence electrons. The summed E-state index contributed by atoms with van der Waals surface area (Å²) >= 11 is 0. The van der Waals surface area contributed by atoms with Crippen molar-refractivity contribution in [1.82, 2.24) is 30.4 Å². The molecule has 0 spiro atoms. The van der Waals surface area contributed by atoms with E-state index in [1.54, 1.807) is 12.4 Å². The first kappa shape index (κ1) is 19.5. The Morgan fingerprint density at radius 3 is 2.90 bits per heavy atom. The minimum absolute atomic E-state index is 0.297. The van der Waals surface area contributed by atoms with Crippen LogP contribution in [0, 0.1) is 11.7 Å². The van der Waals surface area contributed by atoms with E-state index in [9.17, 15) is 4.39 Å². The van der Waals surface area contributed by atoms with E-state index < -0.39 is 0 Å². The zero-order valence-electron chi connectivity index (χ0n) is 17.6. The molecule has 4 aromatic rings. The second kappa shape index (κ2) is 7.98. The second-order valence-electron chi connectivity index (χ2n) is 8.11. The van der Waals surface area contributed by atoms with Crippen LogP contribution in [0.1, 0.15) is 43.9 Å². The molecule has 1 unspecified atom stereocenters. The first-order valence-corrected chi connectivity index (χ1v) is 10.6. The van der Waals surface area contributed by atoms with Crippen LogP contribution in [0.3, 0.4) is 0 Å². The van der Waals surface area contributed by atoms with Crippen molar-refractivity contribution in [3.8, 4) is 0 Å². The van der Waals surface area contributed by atoms with Gasteiger partial charge in [0.2, 0.25) is 5.95 Å². The number of rotatable bonds is 8. The first-order valence-electron chi connectivity index (χ1n) is 10.6. The van der Waals surface area contributed by atoms with Crippen LogP contribution in [0.25, 0.3) is 10.9 Å². The molecule has 3 heterocycles. The van der Waals surface area contributed by atoms with Crippen molar-refractivity contribution in [2.45, 2.75) is 39.2 Å². The summed E-state index contributed by atoms with van der Waals surface area (Å²) in [5.41, 5.74) is 2.65. The maximum absolute atomic E-state index is 14.0. The lowest BCUT2D eigenvalue weighted by molar-refractivity contribution is 0.626. The molecule has 0 amide bonds. The molecular formula is C22H25FN8. The normalized spacial score (nSPS) is 14.7. The standard InChI is InChI=1S/C22H25FN8/c1-3-31(12-15-8-16(23)9-19-17(15)11-25-28-19)22-24-7-6-20(27-22)26-21-10-18(29-30-21)13(2)14-4-5-14/h6-11,13-14H,3-5,12H2,1-2H3,(H,25,28)(H2,24,26,27,29,30). The van der Waals surface area contributed by atoms with E-state index in [4.69, 9.17) is 0 Å². The molecule has 3 aromatic heterocycles. The molecule has 0 aliphatic heterocycles. The van der Waals surface area contributed by atoms with Crippen LogP contribution in [0.15, 0.2) is 36.7 Å². The molecule has 1 aliphatic rings. The van der Waals surface area contributed by atoms with E-state index in [1.165, 1.54) is 25.0 Å². The molecule has 8 nitrogen and oxygen atoms in total. The third-order valence-electron chi connectivity index (χ3n) is 5.95. The molecule has 5 rings (SSSR count). The number of hydrogen-bond donors (Lipinski definition) is 3. The summed E-state index contributed by atoms with van der Waals surface area (Å²) in [6, 6.07) is 6.84. The van der Waals surface area contributed by atoms with Gasteiger partial charge in [-0.2, -0.15) is 15.2 Å². The van der Waals surface area contributed by atoms with Gasteiger partial charge in [0.05, 0.1) is 11.7 Å². The smallest absolute Gasteiger partial charge is 0.227 e. The quantitative estimate of drug-likeness (QED) is 0.388. The summed E-state index contributed by atoms with van der Waals surface area (Å²) in [5, 5.41) is 18.5. The highest BCUT2D eigenvalue weighted by Crippen LogP contribution is 2.42. The number of nitrogens with one attached hydrogen (secondary N) is 3. The van der Waals surface area contributed by atoms with Gasteiger partial charge >= 0.3 is 0 Å². The van der Waals surface area contributed by atoms with E-state index >= 15 is 0 Å². The number of aromatic amines is 2. The van der Waals surface area contributed by atoms with Crippen LogP contribution < -0.4 is 10.2 Å². The minimum atomic E-state index is -0.297. The maximum Gasteiger partial charge on any atom is 0.227 e. The Kier molecular flexibility index (Phi) is 5.01. The highest BCUT2D eigenvalue weighted by molar-refractivity contribution is 5.82. The lowest BCUT2D eigenvalue weighted by Gasteiger charge is -2.21. The first-order chi connectivity index (χ1) is 15.1. The molecule has 0 saturated heterocycles. The van der Waals surface area contributed by atoms with Gasteiger partial charge in [0.25, 0.3) is 0 Å². The fourth-order valence-corrected chi connectivity index (χ4v) is 3.93. The van der Waals surface area contributed by atoms with Gasteiger partial charge < -0.3 is 10.2 Å². The molecule has 9 heteroatoms. The van der Waals surface area contributed by atoms with Crippen LogP contribution in [-0.2, 0) is 6.54 Å². The summed E-state index contributed by atoms with van der Waals surface area (Å²) in [6.07, 6.45) is 6.02. The fourth-order valence-electron chi connectivity index (χ4n) is 3.93. The molecule has 1 aromatic carbocycles. The Balaban J connectivity index is 1.35. The number of nitrogens with zero attached hydrogens (tertiary/aromatic N) is 5. The molecule has 1 saturated carbocycles. The molecule has 31 heavy (non-hydrogen) atoms. The Morgan fingerprint density at radius 1 is 1.23 bits per heavy atom. The van der Waals surface area contributed by atoms with E-state index in [2.05, 4.69) is 42.6 Å². The third kappa shape index (κ3) is 4.08. The van der Waals surface area contributed by atoms with Crippen LogP contribution >= 0.6 is 0 Å². The average Bonchev–Trinajstić information content (AvgIpc) is 3.33. The number of aromatic nitrogens is 6. The average molecular weight is 420 g/mol. The highest BCUT2D eigenvalue weighted by atomic mass is 19.1. The number of benzene rings is 1. The summed E-state index contributed by atoms with van der Waals surface area (Å²) in [5.74, 6) is 2.92. The van der Waals surface area contributed by atoms with Gasteiger partial charge in [0, 0.05) is 42.4 Å². The minimum Gasteiger partial charge on any atom is -0.337 e. The second-order valence-corrected chi connectivity index (χ2v) is 8.11. The molecule has 3 N–H and O–H groups in total. The lowest BCUT2D eigenvalue weighted by atomic mass is 10.0. The summed E-state index contributed by atoms with van der Waals surface area (Å²) in [7, 11) is 0. The zero-order valence-corrected chi connectivity index (χ0v) is 17.6. The summed E-state index contributed by atoms with van der Waals surface area (Å²) in [4.78, 5) is 11.1. The number of anilines is 3. The van der Waals surface area contributed by atoms with Gasteiger partial charge in [-0.25, -0.2) is 9.37 Å². The van der Waals surface area contributed by atoms with Gasteiger partial charge in [0.1, 0.15) is 11.6 Å². The molecule has 1 aliphatic carbocycles. The summed E-state index contributed by atoms with van der Waals surface area (Å²) < 4.78 is 14.0. The predicted octanol–water partition coefficient (Wildman–Crippen LogP) is 4.50. The van der Waals surface area contributed by atoms with Crippen molar-refractivity contribution in [2.75, 3.05) is 16.8 Å². The molecule has 0 radical (unpaired) electrons.